The van der Waals surface area contributed by atoms with E-state index in [2.05, 4.69) is 41.4 Å². The third-order valence-corrected chi connectivity index (χ3v) is 5.46. The molecular formula is C21H24N10O. The Kier molecular flexibility index (Phi) is 4.94. The second-order valence-electron chi connectivity index (χ2n) is 7.72. The van der Waals surface area contributed by atoms with Crippen LogP contribution in [0.1, 0.15) is 16.2 Å². The Morgan fingerprint density at radius 1 is 1.22 bits per heavy atom. The van der Waals surface area contributed by atoms with Crippen molar-refractivity contribution < 1.29 is 4.79 Å². The number of hydrogen-bond acceptors (Lipinski definition) is 8. The Balaban J connectivity index is 1.41. The lowest BCUT2D eigenvalue weighted by Gasteiger charge is -2.28. The van der Waals surface area contributed by atoms with E-state index in [-0.39, 0.29) is 5.91 Å². The molecule has 164 valence electrons. The molecule has 11 heteroatoms. The molecule has 32 heavy (non-hydrogen) atoms. The van der Waals surface area contributed by atoms with E-state index in [0.717, 1.165) is 41.1 Å². The number of benzene rings is 1. The highest BCUT2D eigenvalue weighted by Crippen LogP contribution is 2.24. The van der Waals surface area contributed by atoms with Crippen molar-refractivity contribution in [1.82, 2.24) is 40.2 Å². The van der Waals surface area contributed by atoms with Crippen LogP contribution < -0.4 is 21.3 Å². The standard InChI is InChI=1S/C21H24N10O/c1-12-16(25-14-9-23-10-14)11-31(28-12)18-6-7-24-21(27-18)26-13-4-5-17-15(8-13)19(20(32)22-2)29-30(17)3/h4-8,11,14,23,25H,9-10H2,1-3H3,(H,22,32)(H,24,26,27). The molecule has 4 heterocycles. The molecule has 1 aliphatic heterocycles. The van der Waals surface area contributed by atoms with Crippen LogP contribution in [0.15, 0.2) is 36.7 Å². The highest BCUT2D eigenvalue weighted by atomic mass is 16.1. The number of aryl methyl sites for hydroxylation is 2. The summed E-state index contributed by atoms with van der Waals surface area (Å²) in [5.41, 5.74) is 3.89. The average Bonchev–Trinajstić information content (AvgIpc) is 3.30. The van der Waals surface area contributed by atoms with Gasteiger partial charge in [0.15, 0.2) is 11.5 Å². The Morgan fingerprint density at radius 2 is 2.06 bits per heavy atom. The topological polar surface area (TPSA) is 127 Å². The van der Waals surface area contributed by atoms with Crippen LogP contribution in [-0.2, 0) is 7.05 Å². The normalized spacial score (nSPS) is 13.7. The maximum atomic E-state index is 12.2. The summed E-state index contributed by atoms with van der Waals surface area (Å²) in [7, 11) is 3.40. The van der Waals surface area contributed by atoms with Crippen LogP contribution in [0.4, 0.5) is 17.3 Å². The van der Waals surface area contributed by atoms with Crippen molar-refractivity contribution in [1.29, 1.82) is 0 Å². The summed E-state index contributed by atoms with van der Waals surface area (Å²) in [5, 5.41) is 22.2. The lowest BCUT2D eigenvalue weighted by molar-refractivity contribution is 0.0959. The van der Waals surface area contributed by atoms with Crippen LogP contribution in [0, 0.1) is 6.92 Å². The zero-order chi connectivity index (χ0) is 22.2. The maximum absolute atomic E-state index is 12.2. The van der Waals surface area contributed by atoms with Gasteiger partial charge in [-0.25, -0.2) is 9.67 Å². The molecule has 4 aromatic rings. The van der Waals surface area contributed by atoms with Crippen molar-refractivity contribution in [3.8, 4) is 5.82 Å². The van der Waals surface area contributed by atoms with Gasteiger partial charge in [0.25, 0.3) is 5.91 Å². The summed E-state index contributed by atoms with van der Waals surface area (Å²) in [4.78, 5) is 21.1. The van der Waals surface area contributed by atoms with E-state index in [0.29, 0.717) is 23.5 Å². The van der Waals surface area contributed by atoms with Crippen molar-refractivity contribution in [3.05, 3.63) is 48.0 Å². The van der Waals surface area contributed by atoms with Gasteiger partial charge in [-0.1, -0.05) is 0 Å². The highest BCUT2D eigenvalue weighted by Gasteiger charge is 2.19. The largest absolute Gasteiger partial charge is 0.377 e. The number of aromatic nitrogens is 6. The van der Waals surface area contributed by atoms with Crippen molar-refractivity contribution in [2.75, 3.05) is 30.8 Å². The van der Waals surface area contributed by atoms with Crippen LogP contribution in [-0.4, -0.2) is 61.6 Å². The van der Waals surface area contributed by atoms with Crippen LogP contribution in [0.25, 0.3) is 16.7 Å². The first-order valence-electron chi connectivity index (χ1n) is 10.3. The van der Waals surface area contributed by atoms with Gasteiger partial charge in [0.2, 0.25) is 5.95 Å². The first-order chi connectivity index (χ1) is 15.5. The van der Waals surface area contributed by atoms with Gasteiger partial charge >= 0.3 is 0 Å². The number of fused-ring (bicyclic) bond motifs is 1. The van der Waals surface area contributed by atoms with Crippen LogP contribution in [0.3, 0.4) is 0 Å². The van der Waals surface area contributed by atoms with E-state index in [1.54, 1.807) is 28.7 Å². The molecule has 0 aliphatic carbocycles. The van der Waals surface area contributed by atoms with Gasteiger partial charge in [0.1, 0.15) is 0 Å². The predicted molar refractivity (Wildman–Crippen MR) is 122 cm³/mol. The van der Waals surface area contributed by atoms with E-state index >= 15 is 0 Å². The second kappa shape index (κ2) is 7.93. The minimum absolute atomic E-state index is 0.234. The number of nitrogens with zero attached hydrogens (tertiary/aromatic N) is 6. The van der Waals surface area contributed by atoms with Gasteiger partial charge in [0, 0.05) is 50.5 Å². The van der Waals surface area contributed by atoms with Gasteiger partial charge in [-0.3, -0.25) is 9.48 Å². The van der Waals surface area contributed by atoms with E-state index in [4.69, 9.17) is 0 Å². The Morgan fingerprint density at radius 3 is 2.81 bits per heavy atom. The fourth-order valence-corrected chi connectivity index (χ4v) is 3.63. The van der Waals surface area contributed by atoms with E-state index in [9.17, 15) is 4.79 Å². The fraction of sp³-hybridized carbons (Fsp3) is 0.286. The second-order valence-corrected chi connectivity index (χ2v) is 7.72. The average molecular weight is 432 g/mol. The summed E-state index contributed by atoms with van der Waals surface area (Å²) in [6.45, 7) is 3.88. The summed E-state index contributed by atoms with van der Waals surface area (Å²) in [5.74, 6) is 0.846. The molecule has 1 saturated heterocycles. The van der Waals surface area contributed by atoms with E-state index in [1.807, 2.05) is 38.4 Å². The molecule has 1 amide bonds. The first-order valence-corrected chi connectivity index (χ1v) is 10.3. The number of carbonyl (C=O) groups is 1. The Labute approximate surface area is 184 Å². The molecule has 5 rings (SSSR count). The minimum Gasteiger partial charge on any atom is -0.377 e. The lowest BCUT2D eigenvalue weighted by atomic mass is 10.2. The molecule has 1 aromatic carbocycles. The summed E-state index contributed by atoms with van der Waals surface area (Å²) >= 11 is 0. The Bertz CT molecular complexity index is 1300. The molecule has 0 spiro atoms. The van der Waals surface area contributed by atoms with Crippen LogP contribution in [0.5, 0.6) is 0 Å². The van der Waals surface area contributed by atoms with Gasteiger partial charge in [-0.2, -0.15) is 15.2 Å². The van der Waals surface area contributed by atoms with Gasteiger partial charge in [-0.05, 0) is 25.1 Å². The van der Waals surface area contributed by atoms with Crippen molar-refractivity contribution in [2.45, 2.75) is 13.0 Å². The summed E-state index contributed by atoms with van der Waals surface area (Å²) < 4.78 is 3.43. The van der Waals surface area contributed by atoms with Crippen LogP contribution in [0.2, 0.25) is 0 Å². The van der Waals surface area contributed by atoms with E-state index < -0.39 is 0 Å². The van der Waals surface area contributed by atoms with Crippen molar-refractivity contribution in [2.24, 2.45) is 7.05 Å². The van der Waals surface area contributed by atoms with Crippen LogP contribution >= 0.6 is 0 Å². The van der Waals surface area contributed by atoms with E-state index in [1.165, 1.54) is 0 Å². The molecule has 0 saturated carbocycles. The lowest BCUT2D eigenvalue weighted by Crippen LogP contribution is -2.51. The molecular weight excluding hydrogens is 408 g/mol. The molecule has 4 N–H and O–H groups in total. The number of hydrogen-bond donors (Lipinski definition) is 4. The molecule has 0 unspecified atom stereocenters. The first kappa shape index (κ1) is 19.9. The third kappa shape index (κ3) is 3.62. The predicted octanol–water partition coefficient (Wildman–Crippen LogP) is 1.34. The monoisotopic (exact) mass is 432 g/mol. The van der Waals surface area contributed by atoms with Crippen molar-refractivity contribution in [3.63, 3.8) is 0 Å². The molecule has 1 fully saturated rings. The SMILES string of the molecule is CNC(=O)c1nn(C)c2ccc(Nc3nccc(-n4cc(NC5CNC5)c(C)n4)n3)cc12. The number of amides is 1. The smallest absolute Gasteiger partial charge is 0.272 e. The fourth-order valence-electron chi connectivity index (χ4n) is 3.63. The zero-order valence-electron chi connectivity index (χ0n) is 18.0. The number of anilines is 3. The molecule has 0 bridgehead atoms. The molecule has 11 nitrogen and oxygen atoms in total. The van der Waals surface area contributed by atoms with Gasteiger partial charge in [0.05, 0.1) is 29.1 Å². The quantitative estimate of drug-likeness (QED) is 0.360. The van der Waals surface area contributed by atoms with Crippen molar-refractivity contribution >= 4 is 34.1 Å². The number of carbonyl (C=O) groups excluding carboxylic acids is 1. The summed E-state index contributed by atoms with van der Waals surface area (Å²) in [6.07, 6.45) is 3.63. The summed E-state index contributed by atoms with van der Waals surface area (Å²) in [6, 6.07) is 7.91. The van der Waals surface area contributed by atoms with Gasteiger partial charge in [-0.15, -0.1) is 0 Å². The molecule has 1 aliphatic rings. The maximum Gasteiger partial charge on any atom is 0.272 e. The molecule has 0 atom stereocenters. The number of rotatable bonds is 6. The molecule has 3 aromatic heterocycles. The highest BCUT2D eigenvalue weighted by molar-refractivity contribution is 6.05. The zero-order valence-corrected chi connectivity index (χ0v) is 18.0. The Hall–Kier alpha value is -3.99. The minimum atomic E-state index is -0.234. The molecule has 0 radical (unpaired) electrons. The third-order valence-electron chi connectivity index (χ3n) is 5.46. The number of nitrogens with one attached hydrogen (secondary N) is 4. The van der Waals surface area contributed by atoms with Gasteiger partial charge < -0.3 is 21.3 Å².